The molecule has 0 aliphatic heterocycles. The van der Waals surface area contributed by atoms with Crippen molar-refractivity contribution in [1.82, 2.24) is 0 Å². The van der Waals surface area contributed by atoms with E-state index in [4.69, 9.17) is 5.73 Å². The van der Waals surface area contributed by atoms with Crippen LogP contribution in [-0.4, -0.2) is 11.5 Å². The lowest BCUT2D eigenvalue weighted by Crippen LogP contribution is -2.08. The van der Waals surface area contributed by atoms with Gasteiger partial charge >= 0.3 is 5.69 Å². The zero-order valence-electron chi connectivity index (χ0n) is 7.11. The summed E-state index contributed by atoms with van der Waals surface area (Å²) >= 11 is 0. The summed E-state index contributed by atoms with van der Waals surface area (Å²) in [5, 5.41) is 10.3. The van der Waals surface area contributed by atoms with Crippen LogP contribution < -0.4 is 5.73 Å². The van der Waals surface area contributed by atoms with Crippen LogP contribution in [0.4, 0.5) is 14.5 Å². The van der Waals surface area contributed by atoms with Crippen LogP contribution >= 0.6 is 0 Å². The lowest BCUT2D eigenvalue weighted by molar-refractivity contribution is -0.387. The molecule has 1 rings (SSSR count). The number of hydrogen-bond donors (Lipinski definition) is 1. The molecule has 4 nitrogen and oxygen atoms in total. The maximum atomic E-state index is 13.0. The molecule has 0 amide bonds. The molecule has 14 heavy (non-hydrogen) atoms. The minimum atomic E-state index is -1.51. The second-order valence-electron chi connectivity index (χ2n) is 2.67. The normalized spacial score (nSPS) is 12.5. The Kier molecular flexibility index (Phi) is 3.08. The Hall–Kier alpha value is -1.56. The number of nitrogens with zero attached hydrogens (tertiary/aromatic N) is 1. The molecule has 76 valence electrons. The second kappa shape index (κ2) is 4.10. The van der Waals surface area contributed by atoms with Gasteiger partial charge in [-0.2, -0.15) is 4.39 Å². The lowest BCUT2D eigenvalue weighted by Gasteiger charge is -2.04. The predicted octanol–water partition coefficient (Wildman–Crippen LogP) is 1.70. The molecule has 0 fully saturated rings. The molecule has 1 unspecified atom stereocenters. The van der Waals surface area contributed by atoms with Gasteiger partial charge in [0.15, 0.2) is 0 Å². The standard InChI is InChI=1S/C8H8F2N2O2/c9-6-2-1-5(7(10)4-11)3-8(6)12(13)14/h1-3,7H,4,11H2. The Bertz CT molecular complexity index is 357. The van der Waals surface area contributed by atoms with Gasteiger partial charge in [0.25, 0.3) is 0 Å². The first kappa shape index (κ1) is 10.5. The molecule has 0 saturated heterocycles. The highest BCUT2D eigenvalue weighted by molar-refractivity contribution is 5.37. The first-order valence-corrected chi connectivity index (χ1v) is 3.84. The van der Waals surface area contributed by atoms with Crippen LogP contribution in [0.25, 0.3) is 0 Å². The van der Waals surface area contributed by atoms with Crippen LogP contribution in [-0.2, 0) is 0 Å². The summed E-state index contributed by atoms with van der Waals surface area (Å²) in [7, 11) is 0. The summed E-state index contributed by atoms with van der Waals surface area (Å²) in [6.07, 6.45) is -1.51. The smallest absolute Gasteiger partial charge is 0.305 e. The number of hydrogen-bond acceptors (Lipinski definition) is 3. The van der Waals surface area contributed by atoms with Gasteiger partial charge in [-0.15, -0.1) is 0 Å². The van der Waals surface area contributed by atoms with Crippen LogP contribution in [0.3, 0.4) is 0 Å². The molecule has 1 aromatic carbocycles. The summed E-state index contributed by atoms with van der Waals surface area (Å²) in [5.74, 6) is -0.983. The van der Waals surface area contributed by atoms with Crippen molar-refractivity contribution >= 4 is 5.69 Å². The maximum absolute atomic E-state index is 13.0. The first-order valence-electron chi connectivity index (χ1n) is 3.84. The largest absolute Gasteiger partial charge is 0.327 e. The molecule has 1 atom stereocenters. The Morgan fingerprint density at radius 2 is 2.21 bits per heavy atom. The summed E-state index contributed by atoms with van der Waals surface area (Å²) < 4.78 is 25.8. The average molecular weight is 202 g/mol. The van der Waals surface area contributed by atoms with Crippen LogP contribution in [0.1, 0.15) is 11.7 Å². The van der Waals surface area contributed by atoms with Crippen LogP contribution in [0.15, 0.2) is 18.2 Å². The summed E-state index contributed by atoms with van der Waals surface area (Å²) in [4.78, 5) is 9.40. The van der Waals surface area contributed by atoms with Crippen molar-refractivity contribution in [2.75, 3.05) is 6.54 Å². The van der Waals surface area contributed by atoms with E-state index in [2.05, 4.69) is 0 Å². The zero-order valence-corrected chi connectivity index (χ0v) is 7.11. The molecular formula is C8H8F2N2O2. The van der Waals surface area contributed by atoms with Gasteiger partial charge < -0.3 is 5.73 Å². The molecule has 0 saturated carbocycles. The van der Waals surface area contributed by atoms with Gasteiger partial charge in [0.2, 0.25) is 5.82 Å². The third-order valence-electron chi connectivity index (χ3n) is 1.74. The van der Waals surface area contributed by atoms with Gasteiger partial charge in [-0.25, -0.2) is 4.39 Å². The lowest BCUT2D eigenvalue weighted by atomic mass is 10.1. The van der Waals surface area contributed by atoms with E-state index in [9.17, 15) is 18.9 Å². The first-order chi connectivity index (χ1) is 6.56. The monoisotopic (exact) mass is 202 g/mol. The summed E-state index contributed by atoms with van der Waals surface area (Å²) in [5.41, 5.74) is 4.31. The van der Waals surface area contributed by atoms with Gasteiger partial charge in [0.1, 0.15) is 6.17 Å². The molecule has 0 aromatic heterocycles. The number of nitro benzene ring substituents is 1. The van der Waals surface area contributed by atoms with Crippen molar-refractivity contribution in [2.24, 2.45) is 5.73 Å². The topological polar surface area (TPSA) is 69.2 Å². The molecule has 0 spiro atoms. The molecule has 2 N–H and O–H groups in total. The fourth-order valence-electron chi connectivity index (χ4n) is 1.00. The molecule has 0 aliphatic carbocycles. The van der Waals surface area contributed by atoms with Crippen molar-refractivity contribution in [3.63, 3.8) is 0 Å². The number of benzene rings is 1. The van der Waals surface area contributed by atoms with Crippen molar-refractivity contribution in [3.05, 3.63) is 39.7 Å². The number of halogens is 2. The van der Waals surface area contributed by atoms with Gasteiger partial charge in [0, 0.05) is 12.6 Å². The highest BCUT2D eigenvalue weighted by atomic mass is 19.1. The maximum Gasteiger partial charge on any atom is 0.305 e. The van der Waals surface area contributed by atoms with Crippen molar-refractivity contribution < 1.29 is 13.7 Å². The van der Waals surface area contributed by atoms with Gasteiger partial charge in [-0.1, -0.05) is 6.07 Å². The molecule has 1 aromatic rings. The minimum absolute atomic E-state index is 0.0144. The van der Waals surface area contributed by atoms with Gasteiger partial charge in [0.05, 0.1) is 4.92 Å². The zero-order chi connectivity index (χ0) is 10.7. The molecular weight excluding hydrogens is 194 g/mol. The molecule has 0 aliphatic rings. The van der Waals surface area contributed by atoms with E-state index in [1.807, 2.05) is 0 Å². The predicted molar refractivity (Wildman–Crippen MR) is 46.0 cm³/mol. The summed E-state index contributed by atoms with van der Waals surface area (Å²) in [6.45, 7) is -0.289. The molecule has 0 bridgehead atoms. The summed E-state index contributed by atoms with van der Waals surface area (Å²) in [6, 6.07) is 2.85. The molecule has 6 heteroatoms. The number of nitrogens with two attached hydrogens (primary N) is 1. The Labute approximate surface area is 78.5 Å². The fraction of sp³-hybridized carbons (Fsp3) is 0.250. The fourth-order valence-corrected chi connectivity index (χ4v) is 1.00. The number of alkyl halides is 1. The van der Waals surface area contributed by atoms with Gasteiger partial charge in [-0.05, 0) is 11.6 Å². The number of rotatable bonds is 3. The van der Waals surface area contributed by atoms with Gasteiger partial charge in [-0.3, -0.25) is 10.1 Å². The molecule has 0 radical (unpaired) electrons. The van der Waals surface area contributed by atoms with E-state index in [1.54, 1.807) is 0 Å². The highest BCUT2D eigenvalue weighted by Crippen LogP contribution is 2.23. The van der Waals surface area contributed by atoms with E-state index in [0.29, 0.717) is 0 Å². The van der Waals surface area contributed by atoms with Crippen LogP contribution in [0.5, 0.6) is 0 Å². The van der Waals surface area contributed by atoms with E-state index in [1.165, 1.54) is 0 Å². The minimum Gasteiger partial charge on any atom is -0.327 e. The van der Waals surface area contributed by atoms with E-state index in [0.717, 1.165) is 18.2 Å². The highest BCUT2D eigenvalue weighted by Gasteiger charge is 2.17. The van der Waals surface area contributed by atoms with Crippen molar-refractivity contribution in [2.45, 2.75) is 6.17 Å². The molecule has 0 heterocycles. The Morgan fingerprint density at radius 3 is 2.71 bits per heavy atom. The van der Waals surface area contributed by atoms with Crippen LogP contribution in [0.2, 0.25) is 0 Å². The third-order valence-corrected chi connectivity index (χ3v) is 1.74. The van der Waals surface area contributed by atoms with E-state index >= 15 is 0 Å². The average Bonchev–Trinajstić information content (AvgIpc) is 2.17. The third kappa shape index (κ3) is 2.02. The van der Waals surface area contributed by atoms with Crippen molar-refractivity contribution in [3.8, 4) is 0 Å². The quantitative estimate of drug-likeness (QED) is 0.599. The van der Waals surface area contributed by atoms with E-state index < -0.39 is 22.6 Å². The Morgan fingerprint density at radius 1 is 1.57 bits per heavy atom. The van der Waals surface area contributed by atoms with E-state index in [-0.39, 0.29) is 12.1 Å². The Balaban J connectivity index is 3.12. The van der Waals surface area contributed by atoms with Crippen molar-refractivity contribution in [1.29, 1.82) is 0 Å². The van der Waals surface area contributed by atoms with Crippen LogP contribution in [0, 0.1) is 15.9 Å². The SMILES string of the molecule is NCC(F)c1ccc(F)c([N+](=O)[O-])c1. The number of nitro groups is 1. The second-order valence-corrected chi connectivity index (χ2v) is 2.67.